The number of para-hydroxylation sites is 1. The zero-order valence-electron chi connectivity index (χ0n) is 21.2. The van der Waals surface area contributed by atoms with E-state index in [2.05, 4.69) is 32.7 Å². The second-order valence-electron chi connectivity index (χ2n) is 9.86. The summed E-state index contributed by atoms with van der Waals surface area (Å²) in [6, 6.07) is 15.7. The van der Waals surface area contributed by atoms with Crippen LogP contribution in [0.3, 0.4) is 0 Å². The summed E-state index contributed by atoms with van der Waals surface area (Å²) in [6.07, 6.45) is 6.84. The minimum Gasteiger partial charge on any atom is -0.495 e. The fourth-order valence-electron chi connectivity index (χ4n) is 5.50. The Hall–Kier alpha value is -3.33. The van der Waals surface area contributed by atoms with Gasteiger partial charge in [0.25, 0.3) is 5.91 Å². The monoisotopic (exact) mass is 554 g/mol. The number of aromatic nitrogens is 3. The highest BCUT2D eigenvalue weighted by molar-refractivity contribution is 5.95. The number of nitrogens with one attached hydrogen (secondary N) is 3. The number of carbonyl (C=O) groups excluding carboxylic acids is 1. The van der Waals surface area contributed by atoms with E-state index in [-0.39, 0.29) is 36.1 Å². The van der Waals surface area contributed by atoms with Crippen LogP contribution in [0.2, 0.25) is 0 Å². The van der Waals surface area contributed by atoms with Crippen molar-refractivity contribution in [2.24, 2.45) is 5.41 Å². The normalized spacial score (nSPS) is 18.6. The fraction of sp³-hybridized carbons (Fsp3) is 0.321. The summed E-state index contributed by atoms with van der Waals surface area (Å²) in [4.78, 5) is 27.8. The van der Waals surface area contributed by atoms with Crippen LogP contribution in [0.5, 0.6) is 5.75 Å². The summed E-state index contributed by atoms with van der Waals surface area (Å²) >= 11 is 0. The van der Waals surface area contributed by atoms with Gasteiger partial charge in [-0.05, 0) is 56.1 Å². The third-order valence-electron chi connectivity index (χ3n) is 7.44. The average molecular weight is 556 g/mol. The average Bonchev–Trinajstić information content (AvgIpc) is 3.54. The molecule has 1 spiro atoms. The Balaban J connectivity index is 0.00000168. The van der Waals surface area contributed by atoms with Crippen molar-refractivity contribution in [2.45, 2.75) is 19.3 Å². The molecule has 1 amide bonds. The van der Waals surface area contributed by atoms with Crippen LogP contribution in [-0.2, 0) is 0 Å². The van der Waals surface area contributed by atoms with Crippen molar-refractivity contribution in [3.8, 4) is 17.1 Å². The maximum atomic E-state index is 13.3. The number of halogens is 2. The lowest BCUT2D eigenvalue weighted by Crippen LogP contribution is -2.42. The van der Waals surface area contributed by atoms with Crippen LogP contribution in [0.4, 0.5) is 11.5 Å². The highest BCUT2D eigenvalue weighted by atomic mass is 35.5. The molecule has 4 aromatic rings. The highest BCUT2D eigenvalue weighted by Crippen LogP contribution is 2.37. The molecular weight excluding hydrogens is 523 g/mol. The number of hydrogen-bond acceptors (Lipinski definition) is 6. The number of fused-ring (bicyclic) bond motifs is 1. The minimum atomic E-state index is 0. The largest absolute Gasteiger partial charge is 0.495 e. The van der Waals surface area contributed by atoms with E-state index in [1.807, 2.05) is 41.3 Å². The van der Waals surface area contributed by atoms with Gasteiger partial charge in [-0.2, -0.15) is 0 Å². The molecule has 200 valence electrons. The van der Waals surface area contributed by atoms with Crippen molar-refractivity contribution in [1.82, 2.24) is 25.2 Å². The number of nitrogens with zero attached hydrogens (tertiary/aromatic N) is 3. The first-order chi connectivity index (χ1) is 17.6. The molecule has 2 aliphatic heterocycles. The lowest BCUT2D eigenvalue weighted by Gasteiger charge is -2.33. The molecule has 2 aromatic carbocycles. The van der Waals surface area contributed by atoms with Crippen molar-refractivity contribution in [3.05, 3.63) is 66.5 Å². The SMILES string of the molecule is COc1cc(C(=O)N2CCC3(CCCNC3)C2)ccc1Nc1cncc(-c2cc3ccccc3[nH]2)n1.Cl.Cl. The number of anilines is 2. The highest BCUT2D eigenvalue weighted by Gasteiger charge is 2.40. The Morgan fingerprint density at radius 3 is 2.76 bits per heavy atom. The number of piperidine rings is 1. The van der Waals surface area contributed by atoms with Crippen LogP contribution >= 0.6 is 24.8 Å². The van der Waals surface area contributed by atoms with Crippen molar-refractivity contribution < 1.29 is 9.53 Å². The Morgan fingerprint density at radius 2 is 1.97 bits per heavy atom. The smallest absolute Gasteiger partial charge is 0.254 e. The third-order valence-corrected chi connectivity index (χ3v) is 7.44. The first-order valence-electron chi connectivity index (χ1n) is 12.5. The van der Waals surface area contributed by atoms with Gasteiger partial charge in [0.15, 0.2) is 0 Å². The van der Waals surface area contributed by atoms with Gasteiger partial charge in [0.05, 0.1) is 30.9 Å². The van der Waals surface area contributed by atoms with Gasteiger partial charge in [0.2, 0.25) is 0 Å². The summed E-state index contributed by atoms with van der Waals surface area (Å²) in [5, 5.41) is 7.93. The van der Waals surface area contributed by atoms with Crippen LogP contribution in [-0.4, -0.2) is 59.0 Å². The molecule has 10 heteroatoms. The molecule has 2 fully saturated rings. The molecule has 38 heavy (non-hydrogen) atoms. The van der Waals surface area contributed by atoms with E-state index < -0.39 is 0 Å². The summed E-state index contributed by atoms with van der Waals surface area (Å²) in [5.74, 6) is 1.24. The van der Waals surface area contributed by atoms with Crippen molar-refractivity contribution >= 4 is 53.1 Å². The number of carbonyl (C=O) groups is 1. The number of likely N-dealkylation sites (tertiary alicyclic amines) is 1. The van der Waals surface area contributed by atoms with E-state index in [9.17, 15) is 4.79 Å². The molecule has 6 rings (SSSR count). The number of H-pyrrole nitrogens is 1. The molecule has 0 bridgehead atoms. The molecule has 8 nitrogen and oxygen atoms in total. The molecule has 2 saturated heterocycles. The standard InChI is InChI=1S/C28H30N6O2.2ClH/c1-36-25-14-20(27(35)34-12-10-28(18-34)9-4-11-29-17-28)7-8-22(25)32-26-16-30-15-24(33-26)23-13-19-5-2-3-6-21(19)31-23;;/h2-3,5-8,13-16,29,31H,4,9-12,17-18H2,1H3,(H,32,33);2*1H. The number of rotatable bonds is 5. The lowest BCUT2D eigenvalue weighted by atomic mass is 9.80. The van der Waals surface area contributed by atoms with Crippen LogP contribution in [0, 0.1) is 5.41 Å². The van der Waals surface area contributed by atoms with Crippen LogP contribution in [0.15, 0.2) is 60.9 Å². The Kier molecular flexibility index (Phi) is 8.45. The first kappa shape index (κ1) is 27.7. The van der Waals surface area contributed by atoms with Crippen LogP contribution in [0.1, 0.15) is 29.6 Å². The molecule has 4 heterocycles. The second kappa shape index (κ2) is 11.6. The zero-order valence-corrected chi connectivity index (χ0v) is 22.8. The third kappa shape index (κ3) is 5.43. The molecule has 1 atom stereocenters. The fourth-order valence-corrected chi connectivity index (χ4v) is 5.50. The van der Waals surface area contributed by atoms with Gasteiger partial charge in [0.1, 0.15) is 17.3 Å². The summed E-state index contributed by atoms with van der Waals surface area (Å²) in [7, 11) is 1.61. The number of ether oxygens (including phenoxy) is 1. The first-order valence-corrected chi connectivity index (χ1v) is 12.5. The van der Waals surface area contributed by atoms with Crippen molar-refractivity contribution in [1.29, 1.82) is 0 Å². The minimum absolute atomic E-state index is 0. The summed E-state index contributed by atoms with van der Waals surface area (Å²) in [5.41, 5.74) is 4.29. The van der Waals surface area contributed by atoms with Crippen molar-refractivity contribution in [3.63, 3.8) is 0 Å². The van der Waals surface area contributed by atoms with Gasteiger partial charge in [0, 0.05) is 41.5 Å². The Morgan fingerprint density at radius 1 is 1.11 bits per heavy atom. The van der Waals surface area contributed by atoms with Crippen LogP contribution in [0.25, 0.3) is 22.3 Å². The van der Waals surface area contributed by atoms with Crippen LogP contribution < -0.4 is 15.4 Å². The Bertz CT molecular complexity index is 1390. The van der Waals surface area contributed by atoms with E-state index >= 15 is 0 Å². The summed E-state index contributed by atoms with van der Waals surface area (Å²) in [6.45, 7) is 3.70. The number of methoxy groups -OCH3 is 1. The Labute approximate surface area is 234 Å². The maximum absolute atomic E-state index is 13.3. The maximum Gasteiger partial charge on any atom is 0.254 e. The summed E-state index contributed by atoms with van der Waals surface area (Å²) < 4.78 is 5.64. The zero-order chi connectivity index (χ0) is 24.5. The number of amides is 1. The van der Waals surface area contributed by atoms with E-state index in [0.29, 0.717) is 17.1 Å². The lowest BCUT2D eigenvalue weighted by molar-refractivity contribution is 0.0764. The van der Waals surface area contributed by atoms with Gasteiger partial charge in [-0.15, -0.1) is 24.8 Å². The molecule has 0 saturated carbocycles. The molecule has 0 aliphatic carbocycles. The van der Waals surface area contributed by atoms with Gasteiger partial charge in [-0.3, -0.25) is 9.78 Å². The van der Waals surface area contributed by atoms with Gasteiger partial charge < -0.3 is 25.3 Å². The number of benzene rings is 2. The predicted molar refractivity (Wildman–Crippen MR) is 155 cm³/mol. The molecule has 1 unspecified atom stereocenters. The van der Waals surface area contributed by atoms with E-state index in [1.165, 1.54) is 12.8 Å². The number of hydrogen-bond donors (Lipinski definition) is 3. The molecule has 3 N–H and O–H groups in total. The topological polar surface area (TPSA) is 95.2 Å². The molecular formula is C28H32Cl2N6O2. The van der Waals surface area contributed by atoms with Gasteiger partial charge >= 0.3 is 0 Å². The van der Waals surface area contributed by atoms with Crippen molar-refractivity contribution in [2.75, 3.05) is 38.6 Å². The van der Waals surface area contributed by atoms with E-state index in [0.717, 1.165) is 60.6 Å². The second-order valence-corrected chi connectivity index (χ2v) is 9.86. The number of aromatic amines is 1. The van der Waals surface area contributed by atoms with E-state index in [4.69, 9.17) is 9.72 Å². The van der Waals surface area contributed by atoms with Gasteiger partial charge in [-0.1, -0.05) is 18.2 Å². The van der Waals surface area contributed by atoms with E-state index in [1.54, 1.807) is 19.5 Å². The molecule has 0 radical (unpaired) electrons. The predicted octanol–water partition coefficient (Wildman–Crippen LogP) is 5.44. The molecule has 2 aliphatic rings. The van der Waals surface area contributed by atoms with Gasteiger partial charge in [-0.25, -0.2) is 4.98 Å². The molecule has 2 aromatic heterocycles. The quantitative estimate of drug-likeness (QED) is 0.304.